The van der Waals surface area contributed by atoms with Crippen LogP contribution < -0.4 is 14.8 Å². The highest BCUT2D eigenvalue weighted by atomic mass is 16.7. The molecule has 1 aromatic heterocycles. The fourth-order valence-corrected chi connectivity index (χ4v) is 3.51. The van der Waals surface area contributed by atoms with Gasteiger partial charge in [0.2, 0.25) is 12.7 Å². The molecule has 5 rings (SSSR count). The van der Waals surface area contributed by atoms with Gasteiger partial charge in [0, 0.05) is 28.4 Å². The summed E-state index contributed by atoms with van der Waals surface area (Å²) in [7, 11) is 0. The lowest BCUT2D eigenvalue weighted by molar-refractivity contribution is -0.120. The van der Waals surface area contributed by atoms with Gasteiger partial charge in [-0.1, -0.05) is 36.4 Å². The van der Waals surface area contributed by atoms with E-state index in [1.54, 1.807) is 0 Å². The smallest absolute Gasteiger partial charge is 0.231 e. The Morgan fingerprint density at radius 1 is 0.889 bits per heavy atom. The molecule has 2 N–H and O–H groups in total. The number of fused-ring (bicyclic) bond motifs is 4. The molecule has 0 fully saturated rings. The molecule has 0 bridgehead atoms. The SMILES string of the molecule is O=C(Cc1ccc2c(c1)[nH]c1ccccc12)NCc1ccc2c(c1)OCO2. The van der Waals surface area contributed by atoms with Gasteiger partial charge in [-0.3, -0.25) is 4.79 Å². The van der Waals surface area contributed by atoms with Crippen molar-refractivity contribution in [2.75, 3.05) is 6.79 Å². The summed E-state index contributed by atoms with van der Waals surface area (Å²) in [5.41, 5.74) is 4.13. The minimum Gasteiger partial charge on any atom is -0.454 e. The van der Waals surface area contributed by atoms with Crippen LogP contribution in [0.2, 0.25) is 0 Å². The van der Waals surface area contributed by atoms with Crippen LogP contribution in [0.1, 0.15) is 11.1 Å². The number of amides is 1. The molecule has 134 valence electrons. The van der Waals surface area contributed by atoms with Gasteiger partial charge in [0.1, 0.15) is 0 Å². The summed E-state index contributed by atoms with van der Waals surface area (Å²) in [4.78, 5) is 15.8. The molecule has 2 heterocycles. The summed E-state index contributed by atoms with van der Waals surface area (Å²) < 4.78 is 10.7. The number of hydrogen-bond acceptors (Lipinski definition) is 3. The fourth-order valence-electron chi connectivity index (χ4n) is 3.51. The molecule has 1 aliphatic heterocycles. The average Bonchev–Trinajstić information content (AvgIpc) is 3.29. The van der Waals surface area contributed by atoms with Crippen molar-refractivity contribution in [3.8, 4) is 11.5 Å². The van der Waals surface area contributed by atoms with E-state index in [0.29, 0.717) is 13.0 Å². The normalized spacial score (nSPS) is 12.6. The highest BCUT2D eigenvalue weighted by Gasteiger charge is 2.13. The highest BCUT2D eigenvalue weighted by Crippen LogP contribution is 2.32. The first-order valence-corrected chi connectivity index (χ1v) is 8.91. The first-order valence-electron chi connectivity index (χ1n) is 8.91. The number of para-hydroxylation sites is 1. The van der Waals surface area contributed by atoms with Crippen LogP contribution in [0.4, 0.5) is 0 Å². The van der Waals surface area contributed by atoms with Gasteiger partial charge in [0.05, 0.1) is 6.42 Å². The molecule has 0 radical (unpaired) electrons. The molecular formula is C22H18N2O3. The molecule has 1 aliphatic rings. The zero-order valence-electron chi connectivity index (χ0n) is 14.6. The summed E-state index contributed by atoms with van der Waals surface area (Å²) in [6.07, 6.45) is 0.343. The largest absolute Gasteiger partial charge is 0.454 e. The Hall–Kier alpha value is -3.47. The van der Waals surface area contributed by atoms with Gasteiger partial charge in [0.25, 0.3) is 0 Å². The Balaban J connectivity index is 1.28. The maximum atomic E-state index is 12.4. The predicted octanol–water partition coefficient (Wildman–Crippen LogP) is 3.91. The van der Waals surface area contributed by atoms with Gasteiger partial charge in [-0.2, -0.15) is 0 Å². The number of carbonyl (C=O) groups is 1. The maximum Gasteiger partial charge on any atom is 0.231 e. The highest BCUT2D eigenvalue weighted by molar-refractivity contribution is 6.07. The first kappa shape index (κ1) is 15.8. The van der Waals surface area contributed by atoms with E-state index in [4.69, 9.17) is 9.47 Å². The number of ether oxygens (including phenoxy) is 2. The van der Waals surface area contributed by atoms with Crippen LogP contribution in [0.3, 0.4) is 0 Å². The van der Waals surface area contributed by atoms with Gasteiger partial charge in [-0.25, -0.2) is 0 Å². The van der Waals surface area contributed by atoms with E-state index >= 15 is 0 Å². The number of aromatic amines is 1. The molecule has 5 heteroatoms. The molecule has 4 aromatic rings. The summed E-state index contributed by atoms with van der Waals surface area (Å²) >= 11 is 0. The van der Waals surface area contributed by atoms with E-state index in [9.17, 15) is 4.79 Å². The number of benzene rings is 3. The Morgan fingerprint density at radius 2 is 1.70 bits per heavy atom. The van der Waals surface area contributed by atoms with Crippen molar-refractivity contribution in [3.05, 3.63) is 71.8 Å². The first-order chi connectivity index (χ1) is 13.3. The standard InChI is InChI=1S/C22H18N2O3/c25-22(23-12-15-6-8-20-21(10-15)27-13-26-20)11-14-5-7-17-16-3-1-2-4-18(16)24-19(17)9-14/h1-10,24H,11-13H2,(H,23,25). The van der Waals surface area contributed by atoms with Gasteiger partial charge in [-0.15, -0.1) is 0 Å². The second-order valence-corrected chi connectivity index (χ2v) is 6.69. The lowest BCUT2D eigenvalue weighted by Gasteiger charge is -2.07. The number of nitrogens with one attached hydrogen (secondary N) is 2. The van der Waals surface area contributed by atoms with Crippen LogP contribution in [0.15, 0.2) is 60.7 Å². The molecule has 0 atom stereocenters. The van der Waals surface area contributed by atoms with Crippen LogP contribution >= 0.6 is 0 Å². The average molecular weight is 358 g/mol. The minimum atomic E-state index is -0.0110. The third kappa shape index (κ3) is 2.97. The lowest BCUT2D eigenvalue weighted by atomic mass is 10.1. The molecule has 5 nitrogen and oxygen atoms in total. The summed E-state index contributed by atoms with van der Waals surface area (Å²) in [5.74, 6) is 1.46. The third-order valence-electron chi connectivity index (χ3n) is 4.86. The van der Waals surface area contributed by atoms with E-state index in [1.807, 2.05) is 36.4 Å². The van der Waals surface area contributed by atoms with Gasteiger partial charge in [0.15, 0.2) is 11.5 Å². The lowest BCUT2D eigenvalue weighted by Crippen LogP contribution is -2.24. The zero-order chi connectivity index (χ0) is 18.2. The fraction of sp³-hybridized carbons (Fsp3) is 0.136. The summed E-state index contributed by atoms with van der Waals surface area (Å²) in [6.45, 7) is 0.714. The van der Waals surface area contributed by atoms with E-state index in [2.05, 4.69) is 34.6 Å². The van der Waals surface area contributed by atoms with Crippen molar-refractivity contribution < 1.29 is 14.3 Å². The molecule has 0 saturated heterocycles. The third-order valence-corrected chi connectivity index (χ3v) is 4.86. The van der Waals surface area contributed by atoms with Crippen LogP contribution in [0, 0.1) is 0 Å². The summed E-state index contributed by atoms with van der Waals surface area (Å²) in [6, 6.07) is 20.1. The second kappa shape index (κ2) is 6.36. The zero-order valence-corrected chi connectivity index (χ0v) is 14.6. The van der Waals surface area contributed by atoms with Crippen molar-refractivity contribution in [1.29, 1.82) is 0 Å². The number of H-pyrrole nitrogens is 1. The van der Waals surface area contributed by atoms with Gasteiger partial charge >= 0.3 is 0 Å². The summed E-state index contributed by atoms with van der Waals surface area (Å²) in [5, 5.41) is 5.34. The van der Waals surface area contributed by atoms with Crippen molar-refractivity contribution in [2.24, 2.45) is 0 Å². The van der Waals surface area contributed by atoms with Gasteiger partial charge < -0.3 is 19.8 Å². The Morgan fingerprint density at radius 3 is 2.67 bits per heavy atom. The topological polar surface area (TPSA) is 63.4 Å². The number of hydrogen-bond donors (Lipinski definition) is 2. The molecule has 0 spiro atoms. The molecule has 0 aliphatic carbocycles. The quantitative estimate of drug-likeness (QED) is 0.581. The Labute approximate surface area is 155 Å². The van der Waals surface area contributed by atoms with Gasteiger partial charge in [-0.05, 0) is 35.4 Å². The Bertz CT molecular complexity index is 1160. The van der Waals surface area contributed by atoms with Crippen LogP contribution in [0.5, 0.6) is 11.5 Å². The van der Waals surface area contributed by atoms with Crippen LogP contribution in [-0.4, -0.2) is 17.7 Å². The minimum absolute atomic E-state index is 0.0110. The van der Waals surface area contributed by atoms with Crippen molar-refractivity contribution in [1.82, 2.24) is 10.3 Å². The molecule has 1 amide bonds. The van der Waals surface area contributed by atoms with Crippen LogP contribution in [0.25, 0.3) is 21.8 Å². The number of aromatic nitrogens is 1. The Kier molecular flexibility index (Phi) is 3.71. The van der Waals surface area contributed by atoms with Crippen molar-refractivity contribution in [3.63, 3.8) is 0 Å². The number of rotatable bonds is 4. The predicted molar refractivity (Wildman–Crippen MR) is 104 cm³/mol. The van der Waals surface area contributed by atoms with E-state index in [0.717, 1.165) is 33.7 Å². The molecular weight excluding hydrogens is 340 g/mol. The van der Waals surface area contributed by atoms with E-state index in [1.165, 1.54) is 10.8 Å². The molecule has 3 aromatic carbocycles. The van der Waals surface area contributed by atoms with E-state index < -0.39 is 0 Å². The van der Waals surface area contributed by atoms with Crippen molar-refractivity contribution in [2.45, 2.75) is 13.0 Å². The maximum absolute atomic E-state index is 12.4. The molecule has 27 heavy (non-hydrogen) atoms. The monoisotopic (exact) mass is 358 g/mol. The van der Waals surface area contributed by atoms with Crippen LogP contribution in [-0.2, 0) is 17.8 Å². The van der Waals surface area contributed by atoms with Crippen molar-refractivity contribution >= 4 is 27.7 Å². The number of carbonyl (C=O) groups excluding carboxylic acids is 1. The van der Waals surface area contributed by atoms with E-state index in [-0.39, 0.29) is 12.7 Å². The molecule has 0 saturated carbocycles. The molecule has 0 unspecified atom stereocenters. The second-order valence-electron chi connectivity index (χ2n) is 6.69.